The van der Waals surface area contributed by atoms with Crippen LogP contribution in [-0.2, 0) is 16.4 Å². The minimum atomic E-state index is -3.38. The van der Waals surface area contributed by atoms with E-state index in [2.05, 4.69) is 4.72 Å². The molecule has 4 nitrogen and oxygen atoms in total. The highest BCUT2D eigenvalue weighted by molar-refractivity contribution is 7.89. The Hall–Kier alpha value is -0.910. The largest absolute Gasteiger partial charge is 0.396 e. The standard InChI is InChI=1S/C15H23NO3S/c17-11-3-6-13-7-9-15(10-8-13)20(18,19)16-12-14-4-1-2-5-14/h7-10,14,16-17H,1-6,11-12H2. The van der Waals surface area contributed by atoms with Crippen LogP contribution in [0, 0.1) is 5.92 Å². The molecule has 0 saturated heterocycles. The van der Waals surface area contributed by atoms with Crippen LogP contribution in [-0.4, -0.2) is 26.7 Å². The van der Waals surface area contributed by atoms with Crippen LogP contribution in [0.4, 0.5) is 0 Å². The highest BCUT2D eigenvalue weighted by Gasteiger charge is 2.19. The van der Waals surface area contributed by atoms with Crippen molar-refractivity contribution in [3.05, 3.63) is 29.8 Å². The molecule has 1 fully saturated rings. The molecule has 0 unspecified atom stereocenters. The quantitative estimate of drug-likeness (QED) is 0.810. The van der Waals surface area contributed by atoms with Gasteiger partial charge in [-0.05, 0) is 49.3 Å². The lowest BCUT2D eigenvalue weighted by atomic mass is 10.1. The molecule has 2 N–H and O–H groups in total. The third-order valence-corrected chi connectivity index (χ3v) is 5.33. The van der Waals surface area contributed by atoms with E-state index in [1.54, 1.807) is 12.1 Å². The van der Waals surface area contributed by atoms with Gasteiger partial charge in [-0.25, -0.2) is 13.1 Å². The first kappa shape index (κ1) is 15.5. The Morgan fingerprint density at radius 3 is 2.40 bits per heavy atom. The Bertz CT molecular complexity index is 504. The van der Waals surface area contributed by atoms with E-state index in [1.807, 2.05) is 12.1 Å². The Kier molecular flexibility index (Phi) is 5.57. The summed E-state index contributed by atoms with van der Waals surface area (Å²) in [4.78, 5) is 0.322. The van der Waals surface area contributed by atoms with Gasteiger partial charge in [0, 0.05) is 13.2 Å². The number of nitrogens with one attached hydrogen (secondary N) is 1. The third kappa shape index (κ3) is 4.30. The number of hydrogen-bond acceptors (Lipinski definition) is 3. The molecule has 112 valence electrons. The zero-order chi connectivity index (χ0) is 14.4. The summed E-state index contributed by atoms with van der Waals surface area (Å²) in [6.45, 7) is 0.706. The molecule has 0 atom stereocenters. The predicted molar refractivity (Wildman–Crippen MR) is 79.0 cm³/mol. The summed E-state index contributed by atoms with van der Waals surface area (Å²) >= 11 is 0. The number of aryl methyl sites for hydroxylation is 1. The van der Waals surface area contributed by atoms with Crippen LogP contribution in [0.1, 0.15) is 37.7 Å². The van der Waals surface area contributed by atoms with Gasteiger partial charge in [0.15, 0.2) is 0 Å². The predicted octanol–water partition coefficient (Wildman–Crippen LogP) is 2.08. The fraction of sp³-hybridized carbons (Fsp3) is 0.600. The van der Waals surface area contributed by atoms with Gasteiger partial charge in [-0.2, -0.15) is 0 Å². The molecule has 0 bridgehead atoms. The molecule has 1 saturated carbocycles. The molecule has 2 rings (SSSR count). The van der Waals surface area contributed by atoms with Gasteiger partial charge in [-0.3, -0.25) is 0 Å². The maximum atomic E-state index is 12.2. The van der Waals surface area contributed by atoms with Gasteiger partial charge < -0.3 is 5.11 Å². The number of aliphatic hydroxyl groups excluding tert-OH is 1. The van der Waals surface area contributed by atoms with Crippen LogP contribution in [0.5, 0.6) is 0 Å². The fourth-order valence-corrected chi connectivity index (χ4v) is 3.76. The van der Waals surface area contributed by atoms with Crippen LogP contribution < -0.4 is 4.72 Å². The minimum absolute atomic E-state index is 0.156. The van der Waals surface area contributed by atoms with Crippen LogP contribution in [0.3, 0.4) is 0 Å². The number of hydrogen-bond donors (Lipinski definition) is 2. The zero-order valence-corrected chi connectivity index (χ0v) is 12.5. The van der Waals surface area contributed by atoms with Gasteiger partial charge in [0.1, 0.15) is 0 Å². The van der Waals surface area contributed by atoms with E-state index in [4.69, 9.17) is 5.11 Å². The minimum Gasteiger partial charge on any atom is -0.396 e. The second-order valence-corrected chi connectivity index (χ2v) is 7.24. The van der Waals surface area contributed by atoms with Crippen LogP contribution in [0.25, 0.3) is 0 Å². The van der Waals surface area contributed by atoms with Crippen molar-refractivity contribution in [1.82, 2.24) is 4.72 Å². The van der Waals surface area contributed by atoms with Crippen LogP contribution in [0.2, 0.25) is 0 Å². The van der Waals surface area contributed by atoms with E-state index < -0.39 is 10.0 Å². The van der Waals surface area contributed by atoms with Gasteiger partial charge in [0.2, 0.25) is 10.0 Å². The first-order chi connectivity index (χ1) is 9.62. The Morgan fingerprint density at radius 2 is 1.80 bits per heavy atom. The molecule has 1 aromatic carbocycles. The van der Waals surface area contributed by atoms with E-state index in [9.17, 15) is 8.42 Å². The lowest BCUT2D eigenvalue weighted by Crippen LogP contribution is -2.28. The van der Waals surface area contributed by atoms with Crippen molar-refractivity contribution in [3.63, 3.8) is 0 Å². The smallest absolute Gasteiger partial charge is 0.240 e. The van der Waals surface area contributed by atoms with Crippen molar-refractivity contribution in [1.29, 1.82) is 0 Å². The average molecular weight is 297 g/mol. The lowest BCUT2D eigenvalue weighted by Gasteiger charge is -2.11. The maximum Gasteiger partial charge on any atom is 0.240 e. The van der Waals surface area contributed by atoms with E-state index in [1.165, 1.54) is 12.8 Å². The monoisotopic (exact) mass is 297 g/mol. The topological polar surface area (TPSA) is 66.4 Å². The molecule has 1 aliphatic carbocycles. The molecule has 1 aromatic rings. The van der Waals surface area contributed by atoms with E-state index in [-0.39, 0.29) is 6.61 Å². The molecule has 0 amide bonds. The second-order valence-electron chi connectivity index (χ2n) is 5.47. The summed E-state index contributed by atoms with van der Waals surface area (Å²) in [6, 6.07) is 6.92. The summed E-state index contributed by atoms with van der Waals surface area (Å²) in [5, 5.41) is 8.78. The molecule has 20 heavy (non-hydrogen) atoms. The Morgan fingerprint density at radius 1 is 1.15 bits per heavy atom. The molecular weight excluding hydrogens is 274 g/mol. The molecule has 0 aromatic heterocycles. The van der Waals surface area contributed by atoms with Crippen molar-refractivity contribution in [3.8, 4) is 0 Å². The summed E-state index contributed by atoms with van der Waals surface area (Å²) in [7, 11) is -3.38. The average Bonchev–Trinajstić information content (AvgIpc) is 2.97. The molecule has 0 spiro atoms. The van der Waals surface area contributed by atoms with Crippen molar-refractivity contribution < 1.29 is 13.5 Å². The Balaban J connectivity index is 1.94. The molecule has 0 radical (unpaired) electrons. The van der Waals surface area contributed by atoms with E-state index in [0.717, 1.165) is 24.8 Å². The van der Waals surface area contributed by atoms with Crippen LogP contribution >= 0.6 is 0 Å². The lowest BCUT2D eigenvalue weighted by molar-refractivity contribution is 0.288. The molecular formula is C15H23NO3S. The first-order valence-electron chi connectivity index (χ1n) is 7.31. The summed E-state index contributed by atoms with van der Waals surface area (Å²) in [6.07, 6.45) is 6.15. The van der Waals surface area contributed by atoms with Crippen molar-refractivity contribution in [2.75, 3.05) is 13.2 Å². The molecule has 0 aliphatic heterocycles. The van der Waals surface area contributed by atoms with Gasteiger partial charge in [-0.1, -0.05) is 25.0 Å². The number of aliphatic hydroxyl groups is 1. The number of rotatable bonds is 7. The molecule has 1 aliphatic rings. The van der Waals surface area contributed by atoms with Crippen molar-refractivity contribution in [2.45, 2.75) is 43.4 Å². The second kappa shape index (κ2) is 7.20. The zero-order valence-electron chi connectivity index (χ0n) is 11.7. The van der Waals surface area contributed by atoms with Gasteiger partial charge in [0.25, 0.3) is 0 Å². The van der Waals surface area contributed by atoms with Crippen LogP contribution in [0.15, 0.2) is 29.2 Å². The van der Waals surface area contributed by atoms with Gasteiger partial charge in [0.05, 0.1) is 4.90 Å². The summed E-state index contributed by atoms with van der Waals surface area (Å²) in [5.41, 5.74) is 1.05. The van der Waals surface area contributed by atoms with Gasteiger partial charge in [-0.15, -0.1) is 0 Å². The maximum absolute atomic E-state index is 12.2. The number of sulfonamides is 1. The summed E-state index contributed by atoms with van der Waals surface area (Å²) < 4.78 is 27.0. The van der Waals surface area contributed by atoms with E-state index in [0.29, 0.717) is 23.8 Å². The fourth-order valence-electron chi connectivity index (χ4n) is 2.64. The first-order valence-corrected chi connectivity index (χ1v) is 8.79. The molecule has 5 heteroatoms. The van der Waals surface area contributed by atoms with E-state index >= 15 is 0 Å². The van der Waals surface area contributed by atoms with Gasteiger partial charge >= 0.3 is 0 Å². The van der Waals surface area contributed by atoms with Crippen molar-refractivity contribution in [2.24, 2.45) is 5.92 Å². The normalized spacial score (nSPS) is 16.6. The number of benzene rings is 1. The third-order valence-electron chi connectivity index (χ3n) is 3.89. The molecule has 0 heterocycles. The SMILES string of the molecule is O=S(=O)(NCC1CCCC1)c1ccc(CCCO)cc1. The van der Waals surface area contributed by atoms with Crippen molar-refractivity contribution >= 4 is 10.0 Å². The summed E-state index contributed by atoms with van der Waals surface area (Å²) in [5.74, 6) is 0.494. The Labute approximate surface area is 121 Å². The highest BCUT2D eigenvalue weighted by Crippen LogP contribution is 2.24. The highest BCUT2D eigenvalue weighted by atomic mass is 32.2.